The fourth-order valence-electron chi connectivity index (χ4n) is 3.00. The number of benzene rings is 1. The molecule has 1 fully saturated rings. The van der Waals surface area contributed by atoms with Crippen molar-refractivity contribution < 1.29 is 14.3 Å². The SMILES string of the molecule is O=C(NC1CCCC1)c1cc(Nc2ccc3c(c2)OCO3)ncn1. The standard InChI is InChI=1S/C17H18N4O3/c22-17(21-11-3-1-2-4-11)13-8-16(19-9-18-13)20-12-5-6-14-15(7-12)24-10-23-14/h5-9,11H,1-4,10H2,(H,21,22)(H,18,19,20). The van der Waals surface area contributed by atoms with Crippen molar-refractivity contribution in [3.05, 3.63) is 36.3 Å². The van der Waals surface area contributed by atoms with Gasteiger partial charge in [0.2, 0.25) is 6.79 Å². The lowest BCUT2D eigenvalue weighted by Gasteiger charge is -2.12. The van der Waals surface area contributed by atoms with Crippen LogP contribution in [0.15, 0.2) is 30.6 Å². The molecule has 24 heavy (non-hydrogen) atoms. The van der Waals surface area contributed by atoms with Crippen LogP contribution in [0.3, 0.4) is 0 Å². The molecule has 2 heterocycles. The molecule has 7 heteroatoms. The molecule has 0 atom stereocenters. The van der Waals surface area contributed by atoms with Crippen molar-refractivity contribution in [1.29, 1.82) is 0 Å². The molecule has 0 bridgehead atoms. The van der Waals surface area contributed by atoms with Gasteiger partial charge in [0.25, 0.3) is 5.91 Å². The van der Waals surface area contributed by atoms with Gasteiger partial charge in [-0.05, 0) is 25.0 Å². The lowest BCUT2D eigenvalue weighted by atomic mass is 10.2. The number of aromatic nitrogens is 2. The minimum Gasteiger partial charge on any atom is -0.454 e. The summed E-state index contributed by atoms with van der Waals surface area (Å²) in [5, 5.41) is 6.18. The fourth-order valence-corrected chi connectivity index (χ4v) is 3.00. The molecule has 0 saturated heterocycles. The lowest BCUT2D eigenvalue weighted by molar-refractivity contribution is 0.0932. The minimum absolute atomic E-state index is 0.155. The van der Waals surface area contributed by atoms with Gasteiger partial charge < -0.3 is 20.1 Å². The van der Waals surface area contributed by atoms with Crippen molar-refractivity contribution in [2.45, 2.75) is 31.7 Å². The first-order valence-electron chi connectivity index (χ1n) is 8.07. The second kappa shape index (κ2) is 6.35. The van der Waals surface area contributed by atoms with Crippen LogP contribution in [0.2, 0.25) is 0 Å². The fraction of sp³-hybridized carbons (Fsp3) is 0.353. The molecule has 7 nitrogen and oxygen atoms in total. The highest BCUT2D eigenvalue weighted by Crippen LogP contribution is 2.34. The van der Waals surface area contributed by atoms with E-state index < -0.39 is 0 Å². The van der Waals surface area contributed by atoms with Crippen molar-refractivity contribution >= 4 is 17.4 Å². The van der Waals surface area contributed by atoms with Crippen molar-refractivity contribution in [2.24, 2.45) is 0 Å². The number of anilines is 2. The smallest absolute Gasteiger partial charge is 0.270 e. The van der Waals surface area contributed by atoms with Crippen molar-refractivity contribution in [3.63, 3.8) is 0 Å². The first kappa shape index (κ1) is 14.7. The number of rotatable bonds is 4. The quantitative estimate of drug-likeness (QED) is 0.898. The molecule has 0 unspecified atom stereocenters. The van der Waals surface area contributed by atoms with Gasteiger partial charge in [0.15, 0.2) is 11.5 Å². The third kappa shape index (κ3) is 3.10. The Balaban J connectivity index is 1.47. The average molecular weight is 326 g/mol. The third-order valence-electron chi connectivity index (χ3n) is 4.24. The van der Waals surface area contributed by atoms with Crippen LogP contribution >= 0.6 is 0 Å². The Kier molecular flexibility index (Phi) is 3.90. The maximum Gasteiger partial charge on any atom is 0.270 e. The van der Waals surface area contributed by atoms with Crippen molar-refractivity contribution in [2.75, 3.05) is 12.1 Å². The molecule has 2 aliphatic rings. The topological polar surface area (TPSA) is 85.4 Å². The van der Waals surface area contributed by atoms with E-state index in [0.717, 1.165) is 24.3 Å². The second-order valence-corrected chi connectivity index (χ2v) is 5.94. The Hall–Kier alpha value is -2.83. The Bertz CT molecular complexity index is 759. The summed E-state index contributed by atoms with van der Waals surface area (Å²) in [5.74, 6) is 1.81. The zero-order chi connectivity index (χ0) is 16.4. The van der Waals surface area contributed by atoms with E-state index in [4.69, 9.17) is 9.47 Å². The number of ether oxygens (including phenoxy) is 2. The summed E-state index contributed by atoms with van der Waals surface area (Å²) in [5.41, 5.74) is 1.17. The van der Waals surface area contributed by atoms with Gasteiger partial charge in [-0.15, -0.1) is 0 Å². The van der Waals surface area contributed by atoms with Crippen molar-refractivity contribution in [1.82, 2.24) is 15.3 Å². The predicted octanol–water partition coefficient (Wildman–Crippen LogP) is 2.62. The number of hydrogen-bond acceptors (Lipinski definition) is 6. The zero-order valence-electron chi connectivity index (χ0n) is 13.1. The van der Waals surface area contributed by atoms with Crippen LogP contribution in [0.4, 0.5) is 11.5 Å². The molecule has 1 aromatic carbocycles. The van der Waals surface area contributed by atoms with Gasteiger partial charge in [0.05, 0.1) is 0 Å². The molecule has 2 aromatic rings. The number of hydrogen-bond donors (Lipinski definition) is 2. The minimum atomic E-state index is -0.155. The number of carbonyl (C=O) groups excluding carboxylic acids is 1. The molecule has 0 radical (unpaired) electrons. The first-order valence-corrected chi connectivity index (χ1v) is 8.07. The van der Waals surface area contributed by atoms with Crippen LogP contribution in [0.25, 0.3) is 0 Å². The summed E-state index contributed by atoms with van der Waals surface area (Å²) >= 11 is 0. The van der Waals surface area contributed by atoms with E-state index in [0.29, 0.717) is 17.3 Å². The van der Waals surface area contributed by atoms with Gasteiger partial charge in [-0.25, -0.2) is 9.97 Å². The maximum absolute atomic E-state index is 12.3. The normalized spacial score (nSPS) is 16.2. The predicted molar refractivity (Wildman–Crippen MR) is 87.6 cm³/mol. The molecule has 0 spiro atoms. The molecule has 1 amide bonds. The van der Waals surface area contributed by atoms with Gasteiger partial charge >= 0.3 is 0 Å². The summed E-state index contributed by atoms with van der Waals surface area (Å²) in [6.45, 7) is 0.234. The summed E-state index contributed by atoms with van der Waals surface area (Å²) in [6.07, 6.45) is 5.81. The summed E-state index contributed by atoms with van der Waals surface area (Å²) < 4.78 is 10.6. The third-order valence-corrected chi connectivity index (χ3v) is 4.24. The number of fused-ring (bicyclic) bond motifs is 1. The Morgan fingerprint density at radius 2 is 1.92 bits per heavy atom. The molecule has 1 aromatic heterocycles. The van der Waals surface area contributed by atoms with E-state index in [1.54, 1.807) is 6.07 Å². The van der Waals surface area contributed by atoms with Gasteiger partial charge in [-0.2, -0.15) is 0 Å². The van der Waals surface area contributed by atoms with Gasteiger partial charge in [-0.3, -0.25) is 4.79 Å². The van der Waals surface area contributed by atoms with E-state index in [1.165, 1.54) is 19.2 Å². The highest BCUT2D eigenvalue weighted by Gasteiger charge is 2.19. The Morgan fingerprint density at radius 3 is 2.79 bits per heavy atom. The summed E-state index contributed by atoms with van der Waals surface area (Å²) in [7, 11) is 0. The van der Waals surface area contributed by atoms with Gasteiger partial charge in [-0.1, -0.05) is 12.8 Å². The molecule has 4 rings (SSSR count). The van der Waals surface area contributed by atoms with Crippen LogP contribution in [0, 0.1) is 0 Å². The average Bonchev–Trinajstić information content (AvgIpc) is 3.26. The molecule has 1 aliphatic carbocycles. The molecular formula is C17H18N4O3. The first-order chi connectivity index (χ1) is 11.8. The molecular weight excluding hydrogens is 308 g/mol. The highest BCUT2D eigenvalue weighted by molar-refractivity contribution is 5.93. The van der Waals surface area contributed by atoms with E-state index in [2.05, 4.69) is 20.6 Å². The largest absolute Gasteiger partial charge is 0.454 e. The highest BCUT2D eigenvalue weighted by atomic mass is 16.7. The van der Waals surface area contributed by atoms with E-state index in [-0.39, 0.29) is 18.7 Å². The molecule has 1 aliphatic heterocycles. The van der Waals surface area contributed by atoms with Crippen LogP contribution in [-0.2, 0) is 0 Å². The summed E-state index contributed by atoms with van der Waals surface area (Å²) in [6, 6.07) is 7.45. The van der Waals surface area contributed by atoms with E-state index in [9.17, 15) is 4.79 Å². The number of nitrogens with zero attached hydrogens (tertiary/aromatic N) is 2. The van der Waals surface area contributed by atoms with Crippen LogP contribution in [0.1, 0.15) is 36.2 Å². The van der Waals surface area contributed by atoms with Crippen LogP contribution < -0.4 is 20.1 Å². The zero-order valence-corrected chi connectivity index (χ0v) is 13.1. The van der Waals surface area contributed by atoms with Crippen molar-refractivity contribution in [3.8, 4) is 11.5 Å². The summed E-state index contributed by atoms with van der Waals surface area (Å²) in [4.78, 5) is 20.5. The Morgan fingerprint density at radius 1 is 1.08 bits per heavy atom. The van der Waals surface area contributed by atoms with Crippen LogP contribution in [-0.4, -0.2) is 28.7 Å². The van der Waals surface area contributed by atoms with E-state index in [1.807, 2.05) is 18.2 Å². The molecule has 124 valence electrons. The second-order valence-electron chi connectivity index (χ2n) is 5.94. The number of carbonyl (C=O) groups is 1. The van der Waals surface area contributed by atoms with Gasteiger partial charge in [0.1, 0.15) is 17.8 Å². The maximum atomic E-state index is 12.3. The molecule has 1 saturated carbocycles. The molecule has 2 N–H and O–H groups in total. The Labute approximate surface area is 139 Å². The van der Waals surface area contributed by atoms with E-state index >= 15 is 0 Å². The number of amides is 1. The lowest BCUT2D eigenvalue weighted by Crippen LogP contribution is -2.33. The van der Waals surface area contributed by atoms with Gasteiger partial charge in [0, 0.05) is 23.9 Å². The number of nitrogens with one attached hydrogen (secondary N) is 2. The monoisotopic (exact) mass is 326 g/mol. The van der Waals surface area contributed by atoms with Crippen LogP contribution in [0.5, 0.6) is 11.5 Å².